The third kappa shape index (κ3) is 3.50. The van der Waals surface area contributed by atoms with Gasteiger partial charge in [-0.3, -0.25) is 9.59 Å². The van der Waals surface area contributed by atoms with Gasteiger partial charge < -0.3 is 19.3 Å². The Balaban J connectivity index is 1.44. The van der Waals surface area contributed by atoms with E-state index in [9.17, 15) is 14.4 Å². The number of nitrogens with zero attached hydrogens (tertiary/aromatic N) is 2. The molecule has 1 aromatic rings. The van der Waals surface area contributed by atoms with Gasteiger partial charge in [-0.05, 0) is 31.4 Å². The predicted molar refractivity (Wildman–Crippen MR) is 96.1 cm³/mol. The fourth-order valence-corrected chi connectivity index (χ4v) is 4.20. The first-order valence-corrected chi connectivity index (χ1v) is 9.59. The van der Waals surface area contributed by atoms with Crippen molar-refractivity contribution in [2.24, 2.45) is 0 Å². The van der Waals surface area contributed by atoms with Crippen LogP contribution in [0.4, 0.5) is 4.79 Å². The monoisotopic (exact) mass is 372 g/mol. The average molecular weight is 372 g/mol. The number of ether oxygens (including phenoxy) is 2. The SMILES string of the molecule is O=C1OCC2(CCN(C(=O)[C@H]3CCCCN3C(=O)c3ccccc3)CC2)O1. The van der Waals surface area contributed by atoms with Crippen molar-refractivity contribution in [1.82, 2.24) is 9.80 Å². The Bertz CT molecular complexity index is 727. The second-order valence-corrected chi connectivity index (χ2v) is 7.53. The largest absolute Gasteiger partial charge is 0.509 e. The van der Waals surface area contributed by atoms with Crippen molar-refractivity contribution < 1.29 is 23.9 Å². The third-order valence-electron chi connectivity index (χ3n) is 5.81. The van der Waals surface area contributed by atoms with E-state index in [0.717, 1.165) is 12.8 Å². The van der Waals surface area contributed by atoms with E-state index in [0.29, 0.717) is 44.5 Å². The van der Waals surface area contributed by atoms with Crippen LogP contribution in [0.15, 0.2) is 30.3 Å². The van der Waals surface area contributed by atoms with E-state index in [1.54, 1.807) is 21.9 Å². The molecule has 2 amide bonds. The second kappa shape index (κ2) is 7.21. The predicted octanol–water partition coefficient (Wildman–Crippen LogP) is 2.21. The lowest BCUT2D eigenvalue weighted by atomic mass is 9.91. The minimum absolute atomic E-state index is 0.000858. The normalized spacial score (nSPS) is 24.4. The standard InChI is InChI=1S/C20H24N2O5/c23-17(15-6-2-1-3-7-15)22-11-5-4-8-16(22)18(24)21-12-9-20(10-13-21)14-26-19(25)27-20/h1-3,6-7,16H,4-5,8-14H2/t16-/m1/s1. The van der Waals surface area contributed by atoms with E-state index < -0.39 is 17.8 Å². The van der Waals surface area contributed by atoms with Crippen molar-refractivity contribution in [3.8, 4) is 0 Å². The number of likely N-dealkylation sites (tertiary alicyclic amines) is 2. The molecule has 0 saturated carbocycles. The summed E-state index contributed by atoms with van der Waals surface area (Å²) >= 11 is 0. The summed E-state index contributed by atoms with van der Waals surface area (Å²) in [6, 6.07) is 8.71. The Labute approximate surface area is 158 Å². The summed E-state index contributed by atoms with van der Waals surface area (Å²) in [4.78, 5) is 40.9. The van der Waals surface area contributed by atoms with E-state index >= 15 is 0 Å². The smallest absolute Gasteiger partial charge is 0.430 e. The molecule has 144 valence electrons. The van der Waals surface area contributed by atoms with E-state index in [1.165, 1.54) is 0 Å². The third-order valence-corrected chi connectivity index (χ3v) is 5.81. The molecule has 1 spiro atoms. The van der Waals surface area contributed by atoms with Gasteiger partial charge in [0.2, 0.25) is 5.91 Å². The number of hydrogen-bond acceptors (Lipinski definition) is 5. The highest BCUT2D eigenvalue weighted by Gasteiger charge is 2.46. The fourth-order valence-electron chi connectivity index (χ4n) is 4.20. The van der Waals surface area contributed by atoms with Crippen LogP contribution in [-0.2, 0) is 14.3 Å². The van der Waals surface area contributed by atoms with Gasteiger partial charge in [0.25, 0.3) is 5.91 Å². The first-order chi connectivity index (χ1) is 13.1. The van der Waals surface area contributed by atoms with Crippen molar-refractivity contribution in [3.63, 3.8) is 0 Å². The lowest BCUT2D eigenvalue weighted by Crippen LogP contribution is -2.56. The summed E-state index contributed by atoms with van der Waals surface area (Å²) in [6.45, 7) is 1.89. The molecule has 7 heteroatoms. The van der Waals surface area contributed by atoms with Gasteiger partial charge in [0, 0.05) is 38.0 Å². The molecule has 3 fully saturated rings. The van der Waals surface area contributed by atoms with Gasteiger partial charge in [0.1, 0.15) is 12.6 Å². The topological polar surface area (TPSA) is 76.2 Å². The van der Waals surface area contributed by atoms with Gasteiger partial charge in [-0.15, -0.1) is 0 Å². The number of hydrogen-bond donors (Lipinski definition) is 0. The number of piperidine rings is 2. The summed E-state index contributed by atoms with van der Waals surface area (Å²) in [5.74, 6) is -0.0840. The van der Waals surface area contributed by atoms with Crippen LogP contribution in [0.3, 0.4) is 0 Å². The van der Waals surface area contributed by atoms with Crippen LogP contribution in [0, 0.1) is 0 Å². The van der Waals surface area contributed by atoms with Crippen LogP contribution in [0.5, 0.6) is 0 Å². The van der Waals surface area contributed by atoms with Gasteiger partial charge in [-0.2, -0.15) is 0 Å². The first-order valence-electron chi connectivity index (χ1n) is 9.59. The van der Waals surface area contributed by atoms with Crippen LogP contribution in [0.25, 0.3) is 0 Å². The second-order valence-electron chi connectivity index (χ2n) is 7.53. The number of cyclic esters (lactones) is 1. The molecule has 27 heavy (non-hydrogen) atoms. The number of amides is 2. The molecular weight excluding hydrogens is 348 g/mol. The lowest BCUT2D eigenvalue weighted by Gasteiger charge is -2.41. The Hall–Kier alpha value is -2.57. The molecular formula is C20H24N2O5. The van der Waals surface area contributed by atoms with Crippen LogP contribution in [0.1, 0.15) is 42.5 Å². The average Bonchev–Trinajstić information content (AvgIpc) is 3.08. The Morgan fingerprint density at radius 3 is 2.44 bits per heavy atom. The lowest BCUT2D eigenvalue weighted by molar-refractivity contribution is -0.140. The van der Waals surface area contributed by atoms with E-state index in [-0.39, 0.29) is 18.4 Å². The maximum atomic E-state index is 13.2. The summed E-state index contributed by atoms with van der Waals surface area (Å²) in [5, 5.41) is 0. The molecule has 0 aliphatic carbocycles. The van der Waals surface area contributed by atoms with E-state index in [1.807, 2.05) is 18.2 Å². The van der Waals surface area contributed by atoms with Crippen molar-refractivity contribution in [3.05, 3.63) is 35.9 Å². The zero-order valence-corrected chi connectivity index (χ0v) is 15.3. The fraction of sp³-hybridized carbons (Fsp3) is 0.550. The van der Waals surface area contributed by atoms with Crippen molar-refractivity contribution >= 4 is 18.0 Å². The molecule has 4 rings (SSSR count). The van der Waals surface area contributed by atoms with E-state index in [2.05, 4.69) is 0 Å². The van der Waals surface area contributed by atoms with Crippen molar-refractivity contribution in [2.75, 3.05) is 26.2 Å². The minimum atomic E-state index is -0.623. The van der Waals surface area contributed by atoms with Gasteiger partial charge in [0.15, 0.2) is 5.60 Å². The molecule has 3 aliphatic rings. The number of carbonyl (C=O) groups excluding carboxylic acids is 3. The molecule has 3 saturated heterocycles. The van der Waals surface area contributed by atoms with Gasteiger partial charge in [0.05, 0.1) is 0 Å². The summed E-state index contributed by atoms with van der Waals surface area (Å²) < 4.78 is 10.3. The van der Waals surface area contributed by atoms with Crippen LogP contribution in [0.2, 0.25) is 0 Å². The quantitative estimate of drug-likeness (QED) is 0.744. The van der Waals surface area contributed by atoms with Crippen LogP contribution >= 0.6 is 0 Å². The summed E-state index contributed by atoms with van der Waals surface area (Å²) in [6.07, 6.45) is 3.07. The number of rotatable bonds is 2. The van der Waals surface area contributed by atoms with Crippen molar-refractivity contribution in [1.29, 1.82) is 0 Å². The van der Waals surface area contributed by atoms with Crippen molar-refractivity contribution in [2.45, 2.75) is 43.7 Å². The highest BCUT2D eigenvalue weighted by molar-refractivity contribution is 5.97. The zero-order chi connectivity index (χ0) is 18.9. The molecule has 3 aliphatic heterocycles. The Morgan fingerprint density at radius 1 is 1.04 bits per heavy atom. The molecule has 7 nitrogen and oxygen atoms in total. The van der Waals surface area contributed by atoms with E-state index in [4.69, 9.17) is 9.47 Å². The molecule has 0 bridgehead atoms. The highest BCUT2D eigenvalue weighted by atomic mass is 16.8. The zero-order valence-electron chi connectivity index (χ0n) is 15.3. The molecule has 1 aromatic carbocycles. The molecule has 0 unspecified atom stereocenters. The first kappa shape index (κ1) is 17.8. The summed E-state index contributed by atoms with van der Waals surface area (Å²) in [5.41, 5.74) is 0.0322. The molecule has 0 aromatic heterocycles. The maximum absolute atomic E-state index is 13.2. The minimum Gasteiger partial charge on any atom is -0.430 e. The van der Waals surface area contributed by atoms with Gasteiger partial charge in [-0.25, -0.2) is 4.79 Å². The Kier molecular flexibility index (Phi) is 4.76. The summed E-state index contributed by atoms with van der Waals surface area (Å²) in [7, 11) is 0. The number of benzene rings is 1. The van der Waals surface area contributed by atoms with Gasteiger partial charge in [-0.1, -0.05) is 18.2 Å². The number of carbonyl (C=O) groups is 3. The Morgan fingerprint density at radius 2 is 1.78 bits per heavy atom. The molecule has 0 radical (unpaired) electrons. The van der Waals surface area contributed by atoms with Crippen LogP contribution < -0.4 is 0 Å². The maximum Gasteiger partial charge on any atom is 0.509 e. The molecule has 3 heterocycles. The highest BCUT2D eigenvalue weighted by Crippen LogP contribution is 2.32. The van der Waals surface area contributed by atoms with Crippen LogP contribution in [-0.4, -0.2) is 65.7 Å². The molecule has 0 N–H and O–H groups in total. The van der Waals surface area contributed by atoms with Gasteiger partial charge >= 0.3 is 6.16 Å². The molecule has 1 atom stereocenters.